The first-order chi connectivity index (χ1) is 16.1. The standard InChI is InChI=1S/C23H25N5O4S/c1-16-5-3-4-6-18(16)22-25-26-23(33)28(22)24-14-17-7-8-19(20(13-17)30-2)32-15-21(29)27-9-11-31-12-10-27/h3-8,13-14H,9-12,15H2,1-2H3,(H,26,33)/b24-14+. The summed E-state index contributed by atoms with van der Waals surface area (Å²) in [6.07, 6.45) is 1.66. The van der Waals surface area contributed by atoms with Crippen LogP contribution in [0.5, 0.6) is 11.5 Å². The average Bonchev–Trinajstić information content (AvgIpc) is 3.22. The summed E-state index contributed by atoms with van der Waals surface area (Å²) in [5.41, 5.74) is 2.78. The number of aromatic nitrogens is 3. The van der Waals surface area contributed by atoms with Gasteiger partial charge in [-0.15, -0.1) is 0 Å². The van der Waals surface area contributed by atoms with Gasteiger partial charge in [-0.2, -0.15) is 14.9 Å². The van der Waals surface area contributed by atoms with Crippen molar-refractivity contribution in [2.24, 2.45) is 5.10 Å². The summed E-state index contributed by atoms with van der Waals surface area (Å²) < 4.78 is 18.4. The number of aromatic amines is 1. The molecule has 2 aromatic carbocycles. The largest absolute Gasteiger partial charge is 0.493 e. The molecule has 1 aliphatic heterocycles. The van der Waals surface area contributed by atoms with Gasteiger partial charge in [-0.05, 0) is 48.5 Å². The molecule has 1 amide bonds. The Balaban J connectivity index is 1.50. The maximum absolute atomic E-state index is 12.3. The van der Waals surface area contributed by atoms with Crippen molar-refractivity contribution in [3.8, 4) is 22.9 Å². The topological polar surface area (TPSA) is 94.0 Å². The first kappa shape index (κ1) is 22.7. The molecule has 3 aromatic rings. The van der Waals surface area contributed by atoms with Crippen molar-refractivity contribution in [2.45, 2.75) is 6.92 Å². The Morgan fingerprint density at radius 3 is 2.79 bits per heavy atom. The third kappa shape index (κ3) is 5.29. The minimum absolute atomic E-state index is 0.0617. The molecule has 1 aromatic heterocycles. The number of nitrogens with zero attached hydrogens (tertiary/aromatic N) is 4. The van der Waals surface area contributed by atoms with E-state index in [1.165, 1.54) is 0 Å². The lowest BCUT2D eigenvalue weighted by molar-refractivity contribution is -0.137. The minimum atomic E-state index is -0.0796. The maximum Gasteiger partial charge on any atom is 0.260 e. The quantitative estimate of drug-likeness (QED) is 0.424. The number of carbonyl (C=O) groups is 1. The van der Waals surface area contributed by atoms with E-state index in [0.717, 1.165) is 16.7 Å². The summed E-state index contributed by atoms with van der Waals surface area (Å²) in [6, 6.07) is 13.3. The van der Waals surface area contributed by atoms with Gasteiger partial charge in [0.25, 0.3) is 5.91 Å². The zero-order chi connectivity index (χ0) is 23.2. The molecule has 2 heterocycles. The van der Waals surface area contributed by atoms with Crippen molar-refractivity contribution < 1.29 is 19.0 Å². The molecule has 1 aliphatic rings. The van der Waals surface area contributed by atoms with Crippen LogP contribution in [0, 0.1) is 11.7 Å². The number of hydrogen-bond donors (Lipinski definition) is 1. The number of benzene rings is 2. The number of amides is 1. The van der Waals surface area contributed by atoms with E-state index in [1.807, 2.05) is 37.3 Å². The van der Waals surface area contributed by atoms with Gasteiger partial charge in [0, 0.05) is 18.7 Å². The summed E-state index contributed by atoms with van der Waals surface area (Å²) in [7, 11) is 1.55. The lowest BCUT2D eigenvalue weighted by atomic mass is 10.1. The van der Waals surface area contributed by atoms with Crippen molar-refractivity contribution in [1.29, 1.82) is 0 Å². The van der Waals surface area contributed by atoms with E-state index in [2.05, 4.69) is 15.3 Å². The Labute approximate surface area is 196 Å². The molecule has 10 heteroatoms. The molecule has 33 heavy (non-hydrogen) atoms. The van der Waals surface area contributed by atoms with Gasteiger partial charge < -0.3 is 19.1 Å². The Morgan fingerprint density at radius 2 is 2.03 bits per heavy atom. The number of morpholine rings is 1. The summed E-state index contributed by atoms with van der Waals surface area (Å²) in [5, 5.41) is 11.6. The predicted octanol–water partition coefficient (Wildman–Crippen LogP) is 3.04. The molecule has 0 saturated carbocycles. The first-order valence-electron chi connectivity index (χ1n) is 10.5. The van der Waals surface area contributed by atoms with Crippen molar-refractivity contribution in [3.05, 3.63) is 58.4 Å². The van der Waals surface area contributed by atoms with Crippen LogP contribution in [0.4, 0.5) is 0 Å². The highest BCUT2D eigenvalue weighted by molar-refractivity contribution is 7.71. The number of aryl methyl sites for hydroxylation is 1. The van der Waals surface area contributed by atoms with Gasteiger partial charge in [0.05, 0.1) is 26.5 Å². The Kier molecular flexibility index (Phi) is 7.16. The number of hydrogen-bond acceptors (Lipinski definition) is 7. The molecule has 0 bridgehead atoms. The van der Waals surface area contributed by atoms with Crippen LogP contribution in [-0.2, 0) is 9.53 Å². The molecule has 172 valence electrons. The van der Waals surface area contributed by atoms with E-state index in [4.69, 9.17) is 26.4 Å². The summed E-state index contributed by atoms with van der Waals surface area (Å²) in [4.78, 5) is 14.1. The normalized spacial score (nSPS) is 13.9. The van der Waals surface area contributed by atoms with E-state index in [-0.39, 0.29) is 12.5 Å². The Bertz CT molecular complexity index is 1210. The molecule has 0 radical (unpaired) electrons. The molecular weight excluding hydrogens is 442 g/mol. The van der Waals surface area contributed by atoms with Crippen molar-refractivity contribution in [3.63, 3.8) is 0 Å². The van der Waals surface area contributed by atoms with Crippen LogP contribution >= 0.6 is 12.2 Å². The first-order valence-corrected chi connectivity index (χ1v) is 10.9. The zero-order valence-corrected chi connectivity index (χ0v) is 19.3. The van der Waals surface area contributed by atoms with Gasteiger partial charge in [-0.1, -0.05) is 24.3 Å². The molecule has 0 atom stereocenters. The zero-order valence-electron chi connectivity index (χ0n) is 18.5. The van der Waals surface area contributed by atoms with Crippen molar-refractivity contribution in [1.82, 2.24) is 19.8 Å². The van der Waals surface area contributed by atoms with Gasteiger partial charge in [0.1, 0.15) is 0 Å². The van der Waals surface area contributed by atoms with Gasteiger partial charge in [-0.3, -0.25) is 4.79 Å². The van der Waals surface area contributed by atoms with Crippen LogP contribution in [0.15, 0.2) is 47.6 Å². The highest BCUT2D eigenvalue weighted by atomic mass is 32.1. The van der Waals surface area contributed by atoms with Crippen molar-refractivity contribution >= 4 is 24.3 Å². The van der Waals surface area contributed by atoms with Crippen LogP contribution in [0.3, 0.4) is 0 Å². The van der Waals surface area contributed by atoms with Crippen LogP contribution in [0.2, 0.25) is 0 Å². The molecule has 4 rings (SSSR count). The molecule has 1 saturated heterocycles. The second-order valence-electron chi connectivity index (χ2n) is 7.42. The SMILES string of the molecule is COc1cc(/C=N/n2c(-c3ccccc3C)n[nH]c2=S)ccc1OCC(=O)N1CCOCC1. The average molecular weight is 468 g/mol. The molecule has 0 aliphatic carbocycles. The smallest absolute Gasteiger partial charge is 0.260 e. The van der Waals surface area contributed by atoms with Crippen LogP contribution in [0.25, 0.3) is 11.4 Å². The minimum Gasteiger partial charge on any atom is -0.493 e. The monoisotopic (exact) mass is 467 g/mol. The Hall–Kier alpha value is -3.50. The Morgan fingerprint density at radius 1 is 1.24 bits per heavy atom. The summed E-state index contributed by atoms with van der Waals surface area (Å²) in [6.45, 7) is 4.21. The van der Waals surface area contributed by atoms with E-state index in [9.17, 15) is 4.79 Å². The molecule has 0 unspecified atom stereocenters. The van der Waals surface area contributed by atoms with E-state index >= 15 is 0 Å². The number of ether oxygens (including phenoxy) is 3. The number of carbonyl (C=O) groups excluding carboxylic acids is 1. The third-order valence-corrected chi connectivity index (χ3v) is 5.53. The fourth-order valence-corrected chi connectivity index (χ4v) is 3.63. The van der Waals surface area contributed by atoms with Gasteiger partial charge in [0.2, 0.25) is 4.77 Å². The molecule has 9 nitrogen and oxygen atoms in total. The van der Waals surface area contributed by atoms with E-state index in [1.54, 1.807) is 35.0 Å². The highest BCUT2D eigenvalue weighted by Gasteiger charge is 2.18. The second kappa shape index (κ2) is 10.4. The number of nitrogens with one attached hydrogen (secondary N) is 1. The summed E-state index contributed by atoms with van der Waals surface area (Å²) >= 11 is 5.36. The second-order valence-corrected chi connectivity index (χ2v) is 7.80. The number of methoxy groups -OCH3 is 1. The summed E-state index contributed by atoms with van der Waals surface area (Å²) in [5.74, 6) is 1.53. The van der Waals surface area contributed by atoms with Gasteiger partial charge in [0.15, 0.2) is 23.9 Å². The lowest BCUT2D eigenvalue weighted by Gasteiger charge is -2.26. The lowest BCUT2D eigenvalue weighted by Crippen LogP contribution is -2.43. The van der Waals surface area contributed by atoms with E-state index in [0.29, 0.717) is 48.4 Å². The maximum atomic E-state index is 12.3. The number of rotatable bonds is 7. The predicted molar refractivity (Wildman–Crippen MR) is 126 cm³/mol. The fraction of sp³-hybridized carbons (Fsp3) is 0.304. The van der Waals surface area contributed by atoms with Crippen LogP contribution in [0.1, 0.15) is 11.1 Å². The third-order valence-electron chi connectivity index (χ3n) is 5.26. The van der Waals surface area contributed by atoms with Gasteiger partial charge in [-0.25, -0.2) is 5.10 Å². The van der Waals surface area contributed by atoms with Crippen LogP contribution < -0.4 is 9.47 Å². The molecule has 1 fully saturated rings. The van der Waals surface area contributed by atoms with Gasteiger partial charge >= 0.3 is 0 Å². The molecule has 1 N–H and O–H groups in total. The fourth-order valence-electron chi connectivity index (χ4n) is 3.45. The van der Waals surface area contributed by atoms with Crippen molar-refractivity contribution in [2.75, 3.05) is 40.0 Å². The molecular formula is C23H25N5O4S. The van der Waals surface area contributed by atoms with E-state index < -0.39 is 0 Å². The highest BCUT2D eigenvalue weighted by Crippen LogP contribution is 2.28. The number of H-pyrrole nitrogens is 1. The molecule has 0 spiro atoms. The van der Waals surface area contributed by atoms with Crippen LogP contribution in [-0.4, -0.2) is 71.9 Å².